The highest BCUT2D eigenvalue weighted by atomic mass is 32.1. The minimum atomic E-state index is 1.24. The fraction of sp³-hybridized carbons (Fsp3) is 0. The molecule has 0 nitrogen and oxygen atoms in total. The lowest BCUT2D eigenvalue weighted by molar-refractivity contribution is 1.64. The molecule has 210 valence electrons. The Bertz CT molecular complexity index is 2310. The Morgan fingerprint density at radius 3 is 0.844 bits per heavy atom. The Kier molecular flexibility index (Phi) is 6.11. The van der Waals surface area contributed by atoms with Gasteiger partial charge in [-0.05, 0) is 54.9 Å². The molecular formula is C44H28S. The maximum Gasteiger partial charge on any atom is 0.0447 e. The van der Waals surface area contributed by atoms with Crippen LogP contribution in [0.25, 0.3) is 86.2 Å². The van der Waals surface area contributed by atoms with Crippen molar-refractivity contribution >= 4 is 53.1 Å². The summed E-state index contributed by atoms with van der Waals surface area (Å²) in [5, 5.41) is 7.86. The third kappa shape index (κ3) is 4.05. The Morgan fingerprint density at radius 2 is 0.511 bits per heavy atom. The predicted molar refractivity (Wildman–Crippen MR) is 196 cm³/mol. The first-order valence-corrected chi connectivity index (χ1v) is 16.3. The second-order valence-electron chi connectivity index (χ2n) is 11.6. The van der Waals surface area contributed by atoms with Crippen LogP contribution in [0.3, 0.4) is 0 Å². The van der Waals surface area contributed by atoms with E-state index in [2.05, 4.69) is 170 Å². The lowest BCUT2D eigenvalue weighted by Crippen LogP contribution is -1.91. The third-order valence-corrected chi connectivity index (χ3v) is 10.3. The molecule has 0 amide bonds. The van der Waals surface area contributed by atoms with E-state index < -0.39 is 0 Å². The Morgan fingerprint density at radius 1 is 0.244 bits per heavy atom. The van der Waals surface area contributed by atoms with Crippen molar-refractivity contribution in [3.05, 3.63) is 170 Å². The molecule has 9 rings (SSSR count). The van der Waals surface area contributed by atoms with Crippen molar-refractivity contribution in [2.45, 2.75) is 0 Å². The van der Waals surface area contributed by atoms with Crippen LogP contribution in [0.5, 0.6) is 0 Å². The van der Waals surface area contributed by atoms with E-state index in [9.17, 15) is 0 Å². The first kappa shape index (κ1) is 25.9. The molecule has 1 heteroatoms. The van der Waals surface area contributed by atoms with Gasteiger partial charge in [0.15, 0.2) is 0 Å². The highest BCUT2D eigenvalue weighted by Gasteiger charge is 2.25. The molecule has 0 aliphatic heterocycles. The fourth-order valence-electron chi connectivity index (χ4n) is 7.20. The third-order valence-electron chi connectivity index (χ3n) is 9.04. The Balaban J connectivity index is 1.60. The normalized spacial score (nSPS) is 11.6. The minimum absolute atomic E-state index is 1.24. The highest BCUT2D eigenvalue weighted by molar-refractivity contribution is 7.27. The van der Waals surface area contributed by atoms with E-state index in [0.29, 0.717) is 0 Å². The summed E-state index contributed by atoms with van der Waals surface area (Å²) >= 11 is 1.95. The zero-order chi connectivity index (χ0) is 29.7. The van der Waals surface area contributed by atoms with Crippen LogP contribution < -0.4 is 0 Å². The van der Waals surface area contributed by atoms with Crippen LogP contribution in [0.4, 0.5) is 0 Å². The predicted octanol–water partition coefficient (Wildman–Crippen LogP) is 13.0. The van der Waals surface area contributed by atoms with Gasteiger partial charge in [-0.2, -0.15) is 0 Å². The number of hydrogen-bond donors (Lipinski definition) is 0. The summed E-state index contributed by atoms with van der Waals surface area (Å²) in [6.45, 7) is 0. The maximum atomic E-state index is 2.33. The molecule has 9 aromatic rings. The summed E-state index contributed by atoms with van der Waals surface area (Å²) in [5.74, 6) is 0. The number of rotatable bonds is 4. The van der Waals surface area contributed by atoms with Crippen LogP contribution in [-0.4, -0.2) is 0 Å². The average Bonchev–Trinajstić information content (AvgIpc) is 3.52. The summed E-state index contributed by atoms with van der Waals surface area (Å²) in [6, 6.07) is 61.8. The van der Waals surface area contributed by atoms with Gasteiger partial charge in [-0.25, -0.2) is 0 Å². The molecule has 0 aliphatic rings. The molecule has 0 N–H and O–H groups in total. The summed E-state index contributed by atoms with van der Waals surface area (Å²) in [6.07, 6.45) is 0. The van der Waals surface area contributed by atoms with Gasteiger partial charge in [0, 0.05) is 31.3 Å². The van der Waals surface area contributed by atoms with Gasteiger partial charge in [0.25, 0.3) is 0 Å². The van der Waals surface area contributed by atoms with E-state index in [1.165, 1.54) is 86.2 Å². The minimum Gasteiger partial charge on any atom is -0.134 e. The number of fused-ring (bicyclic) bond motifs is 7. The van der Waals surface area contributed by atoms with Crippen LogP contribution in [0.2, 0.25) is 0 Å². The number of thiophene rings is 1. The van der Waals surface area contributed by atoms with Gasteiger partial charge in [-0.15, -0.1) is 11.3 Å². The molecule has 0 unspecified atom stereocenters. The van der Waals surface area contributed by atoms with Crippen molar-refractivity contribution in [3.8, 4) is 44.5 Å². The Hall–Kier alpha value is -5.50. The first-order valence-electron chi connectivity index (χ1n) is 15.5. The van der Waals surface area contributed by atoms with Crippen LogP contribution in [0, 0.1) is 0 Å². The van der Waals surface area contributed by atoms with Crippen LogP contribution in [-0.2, 0) is 0 Å². The molecule has 0 bridgehead atoms. The summed E-state index contributed by atoms with van der Waals surface area (Å²) < 4.78 is 2.67. The molecule has 0 radical (unpaired) electrons. The largest absolute Gasteiger partial charge is 0.134 e. The topological polar surface area (TPSA) is 0 Å². The molecule has 0 saturated carbocycles. The summed E-state index contributed by atoms with van der Waals surface area (Å²) in [5.41, 5.74) is 10.2. The SMILES string of the molecule is c1ccc(-c2c(-c3ccccc3)c3sc4c(-c5ccccc5)c(-c5ccccc5)c5ccccc5c4c3c3ccccc23)cc1. The van der Waals surface area contributed by atoms with E-state index in [1.54, 1.807) is 0 Å². The van der Waals surface area contributed by atoms with Gasteiger partial charge < -0.3 is 0 Å². The highest BCUT2D eigenvalue weighted by Crippen LogP contribution is 2.55. The maximum absolute atomic E-state index is 2.33. The smallest absolute Gasteiger partial charge is 0.0447 e. The molecule has 0 spiro atoms. The molecule has 0 fully saturated rings. The van der Waals surface area contributed by atoms with Crippen molar-refractivity contribution < 1.29 is 0 Å². The van der Waals surface area contributed by atoms with E-state index in [0.717, 1.165) is 0 Å². The molecule has 1 aromatic heterocycles. The van der Waals surface area contributed by atoms with E-state index >= 15 is 0 Å². The van der Waals surface area contributed by atoms with Crippen molar-refractivity contribution in [2.24, 2.45) is 0 Å². The number of benzene rings is 8. The van der Waals surface area contributed by atoms with Gasteiger partial charge >= 0.3 is 0 Å². The zero-order valence-corrected chi connectivity index (χ0v) is 25.4. The fourth-order valence-corrected chi connectivity index (χ4v) is 8.68. The van der Waals surface area contributed by atoms with Crippen molar-refractivity contribution in [3.63, 3.8) is 0 Å². The van der Waals surface area contributed by atoms with Crippen LogP contribution >= 0.6 is 11.3 Å². The molecule has 45 heavy (non-hydrogen) atoms. The molecule has 0 saturated heterocycles. The molecular weight excluding hydrogens is 561 g/mol. The van der Waals surface area contributed by atoms with Gasteiger partial charge in [-0.3, -0.25) is 0 Å². The van der Waals surface area contributed by atoms with E-state index in [1.807, 2.05) is 11.3 Å². The molecule has 0 aliphatic carbocycles. The van der Waals surface area contributed by atoms with Crippen LogP contribution in [0.15, 0.2) is 170 Å². The number of hydrogen-bond acceptors (Lipinski definition) is 1. The summed E-state index contributed by atoms with van der Waals surface area (Å²) in [7, 11) is 0. The molecule has 8 aromatic carbocycles. The van der Waals surface area contributed by atoms with Gasteiger partial charge in [0.05, 0.1) is 0 Å². The van der Waals surface area contributed by atoms with Crippen molar-refractivity contribution in [1.82, 2.24) is 0 Å². The Labute approximate surface area is 266 Å². The lowest BCUT2D eigenvalue weighted by Gasteiger charge is -2.18. The van der Waals surface area contributed by atoms with Gasteiger partial charge in [-0.1, -0.05) is 170 Å². The van der Waals surface area contributed by atoms with E-state index in [-0.39, 0.29) is 0 Å². The summed E-state index contributed by atoms with van der Waals surface area (Å²) in [4.78, 5) is 0. The quantitative estimate of drug-likeness (QED) is 0.192. The first-order chi connectivity index (χ1) is 22.4. The second kappa shape index (κ2) is 10.6. The second-order valence-corrected chi connectivity index (χ2v) is 12.6. The average molecular weight is 589 g/mol. The monoisotopic (exact) mass is 588 g/mol. The molecule has 0 atom stereocenters. The van der Waals surface area contributed by atoms with Crippen molar-refractivity contribution in [2.75, 3.05) is 0 Å². The lowest BCUT2D eigenvalue weighted by atomic mass is 9.84. The zero-order valence-electron chi connectivity index (χ0n) is 24.6. The molecule has 1 heterocycles. The standard InChI is InChI=1S/C44H28S/c1-5-17-29(18-6-1)37-33-25-13-15-27-35(33)41-42-36-28-16-14-26-34(36)38(30-19-7-2-8-20-30)40(32-23-11-4-12-24-32)44(42)45-43(41)39(37)31-21-9-3-10-22-31/h1-28H. The van der Waals surface area contributed by atoms with Crippen LogP contribution in [0.1, 0.15) is 0 Å². The van der Waals surface area contributed by atoms with Gasteiger partial charge in [0.1, 0.15) is 0 Å². The van der Waals surface area contributed by atoms with Crippen molar-refractivity contribution in [1.29, 1.82) is 0 Å². The van der Waals surface area contributed by atoms with E-state index in [4.69, 9.17) is 0 Å². The van der Waals surface area contributed by atoms with Gasteiger partial charge in [0.2, 0.25) is 0 Å².